The summed E-state index contributed by atoms with van der Waals surface area (Å²) in [6, 6.07) is 19.0. The Labute approximate surface area is 184 Å². The number of aromatic nitrogens is 3. The molecule has 1 aliphatic rings. The smallest absolute Gasteiger partial charge is 0.192 e. The number of hydrogen-bond acceptors (Lipinski definition) is 4. The van der Waals surface area contributed by atoms with Gasteiger partial charge in [-0.2, -0.15) is 0 Å². The first-order chi connectivity index (χ1) is 15.2. The molecule has 2 N–H and O–H groups in total. The van der Waals surface area contributed by atoms with Crippen molar-refractivity contribution in [1.29, 1.82) is 0 Å². The van der Waals surface area contributed by atoms with Crippen molar-refractivity contribution in [3.05, 3.63) is 72.3 Å². The van der Waals surface area contributed by atoms with E-state index in [1.807, 2.05) is 34.9 Å². The highest BCUT2D eigenvalue weighted by atomic mass is 15.3. The monoisotopic (exact) mass is 417 g/mol. The van der Waals surface area contributed by atoms with E-state index >= 15 is 0 Å². The van der Waals surface area contributed by atoms with Crippen molar-refractivity contribution in [3.63, 3.8) is 0 Å². The second-order valence-corrected chi connectivity index (χ2v) is 7.80. The zero-order valence-corrected chi connectivity index (χ0v) is 18.3. The minimum absolute atomic E-state index is 0.132. The molecule has 0 saturated carbocycles. The molecule has 31 heavy (non-hydrogen) atoms. The van der Waals surface area contributed by atoms with Crippen LogP contribution in [0.1, 0.15) is 44.1 Å². The summed E-state index contributed by atoms with van der Waals surface area (Å²) in [5.41, 5.74) is 3.59. The molecule has 0 radical (unpaired) electrons. The third-order valence-corrected chi connectivity index (χ3v) is 5.57. The van der Waals surface area contributed by atoms with Gasteiger partial charge in [0.15, 0.2) is 11.8 Å². The van der Waals surface area contributed by atoms with E-state index in [4.69, 9.17) is 4.99 Å². The maximum Gasteiger partial charge on any atom is 0.192 e. The Balaban J connectivity index is 1.46. The summed E-state index contributed by atoms with van der Waals surface area (Å²) in [5, 5.41) is 15.2. The third-order valence-electron chi connectivity index (χ3n) is 5.57. The lowest BCUT2D eigenvalue weighted by Gasteiger charge is -2.22. The first-order valence-corrected chi connectivity index (χ1v) is 11.1. The summed E-state index contributed by atoms with van der Waals surface area (Å²) < 4.78 is 1.97. The van der Waals surface area contributed by atoms with Crippen LogP contribution in [0.5, 0.6) is 0 Å². The Morgan fingerprint density at radius 3 is 2.61 bits per heavy atom. The topological polar surface area (TPSA) is 70.4 Å². The zero-order chi connectivity index (χ0) is 21.5. The molecule has 1 saturated heterocycles. The van der Waals surface area contributed by atoms with Crippen LogP contribution < -0.4 is 15.5 Å². The third kappa shape index (κ3) is 5.23. The Morgan fingerprint density at radius 2 is 1.84 bits per heavy atom. The lowest BCUT2D eigenvalue weighted by molar-refractivity contribution is 0.683. The highest BCUT2D eigenvalue weighted by Crippen LogP contribution is 2.24. The van der Waals surface area contributed by atoms with Crippen molar-refractivity contribution in [2.75, 3.05) is 24.5 Å². The standard InChI is InChI=1S/C24H31N7/c1-3-25-24(26-17-23-29-27-18-31(23)21-11-5-4-6-12-21)28-19(2)20-10-9-13-22(16-20)30-14-7-8-15-30/h4-6,9-13,16,18-19H,3,7-8,14-15,17H2,1-2H3,(H2,25,26,28). The quantitative estimate of drug-likeness (QED) is 0.453. The van der Waals surface area contributed by atoms with Crippen LogP contribution in [0.3, 0.4) is 0 Å². The van der Waals surface area contributed by atoms with E-state index in [0.29, 0.717) is 6.54 Å². The minimum atomic E-state index is 0.132. The van der Waals surface area contributed by atoms with Crippen LogP contribution in [-0.2, 0) is 6.54 Å². The fourth-order valence-electron chi connectivity index (χ4n) is 3.90. The number of hydrogen-bond donors (Lipinski definition) is 2. The van der Waals surface area contributed by atoms with Crippen LogP contribution in [0, 0.1) is 0 Å². The largest absolute Gasteiger partial charge is 0.372 e. The average Bonchev–Trinajstić information content (AvgIpc) is 3.50. The molecule has 2 aromatic carbocycles. The molecule has 1 fully saturated rings. The van der Waals surface area contributed by atoms with Gasteiger partial charge in [-0.25, -0.2) is 4.99 Å². The van der Waals surface area contributed by atoms with Crippen molar-refractivity contribution < 1.29 is 0 Å². The van der Waals surface area contributed by atoms with Gasteiger partial charge in [-0.15, -0.1) is 10.2 Å². The number of nitrogens with one attached hydrogen (secondary N) is 2. The number of rotatable bonds is 7. The van der Waals surface area contributed by atoms with Gasteiger partial charge in [0.25, 0.3) is 0 Å². The molecule has 3 aromatic rings. The van der Waals surface area contributed by atoms with Crippen LogP contribution in [0.15, 0.2) is 65.9 Å². The van der Waals surface area contributed by atoms with Gasteiger partial charge < -0.3 is 15.5 Å². The summed E-state index contributed by atoms with van der Waals surface area (Å²) >= 11 is 0. The number of aliphatic imine (C=N–C) groups is 1. The molecule has 0 spiro atoms. The molecule has 1 aromatic heterocycles. The van der Waals surface area contributed by atoms with Crippen molar-refractivity contribution in [3.8, 4) is 5.69 Å². The highest BCUT2D eigenvalue weighted by molar-refractivity contribution is 5.80. The second-order valence-electron chi connectivity index (χ2n) is 7.80. The Morgan fingerprint density at radius 1 is 1.06 bits per heavy atom. The van der Waals surface area contributed by atoms with Gasteiger partial charge in [0, 0.05) is 31.0 Å². The summed E-state index contributed by atoms with van der Waals surface area (Å²) in [6.07, 6.45) is 4.29. The number of guanidine groups is 1. The summed E-state index contributed by atoms with van der Waals surface area (Å²) in [5.74, 6) is 1.57. The molecule has 7 heteroatoms. The van der Waals surface area contributed by atoms with Gasteiger partial charge in [-0.3, -0.25) is 4.57 Å². The second kappa shape index (κ2) is 10.1. The normalized spacial score (nSPS) is 15.2. The fraction of sp³-hybridized carbons (Fsp3) is 0.375. The SMILES string of the molecule is CCNC(=NCc1nncn1-c1ccccc1)NC(C)c1cccc(N2CCCC2)c1. The van der Waals surface area contributed by atoms with Crippen molar-refractivity contribution >= 4 is 11.6 Å². The maximum absolute atomic E-state index is 4.77. The number of benzene rings is 2. The minimum Gasteiger partial charge on any atom is -0.372 e. The van der Waals surface area contributed by atoms with Crippen LogP contribution in [0.2, 0.25) is 0 Å². The summed E-state index contributed by atoms with van der Waals surface area (Å²) in [6.45, 7) is 7.77. The van der Waals surface area contributed by atoms with Crippen molar-refractivity contribution in [1.82, 2.24) is 25.4 Å². The van der Waals surface area contributed by atoms with E-state index in [1.165, 1.54) is 24.1 Å². The lowest BCUT2D eigenvalue weighted by Crippen LogP contribution is -2.38. The van der Waals surface area contributed by atoms with Crippen LogP contribution in [-0.4, -0.2) is 40.4 Å². The van der Waals surface area contributed by atoms with Gasteiger partial charge in [-0.05, 0) is 56.5 Å². The molecule has 0 aliphatic carbocycles. The van der Waals surface area contributed by atoms with E-state index in [-0.39, 0.29) is 6.04 Å². The van der Waals surface area contributed by atoms with Gasteiger partial charge in [-0.1, -0.05) is 30.3 Å². The van der Waals surface area contributed by atoms with Gasteiger partial charge in [0.1, 0.15) is 12.9 Å². The van der Waals surface area contributed by atoms with Gasteiger partial charge >= 0.3 is 0 Å². The maximum atomic E-state index is 4.77. The number of nitrogens with zero attached hydrogens (tertiary/aromatic N) is 5. The molecule has 0 bridgehead atoms. The van der Waals surface area contributed by atoms with E-state index in [9.17, 15) is 0 Å². The molecule has 1 aliphatic heterocycles. The molecular formula is C24H31N7. The Hall–Kier alpha value is -3.35. The van der Waals surface area contributed by atoms with Gasteiger partial charge in [0.2, 0.25) is 0 Å². The molecule has 4 rings (SSSR count). The van der Waals surface area contributed by atoms with Crippen molar-refractivity contribution in [2.45, 2.75) is 39.3 Å². The molecule has 2 heterocycles. The molecule has 1 atom stereocenters. The van der Waals surface area contributed by atoms with E-state index in [1.54, 1.807) is 6.33 Å². The number of para-hydroxylation sites is 1. The molecule has 162 valence electrons. The first kappa shape index (κ1) is 20.9. The molecule has 7 nitrogen and oxygen atoms in total. The van der Waals surface area contributed by atoms with E-state index in [2.05, 4.69) is 63.8 Å². The highest BCUT2D eigenvalue weighted by Gasteiger charge is 2.15. The molecule has 1 unspecified atom stereocenters. The average molecular weight is 418 g/mol. The van der Waals surface area contributed by atoms with Crippen LogP contribution in [0.4, 0.5) is 5.69 Å². The Kier molecular flexibility index (Phi) is 6.82. The van der Waals surface area contributed by atoms with E-state index < -0.39 is 0 Å². The first-order valence-electron chi connectivity index (χ1n) is 11.1. The van der Waals surface area contributed by atoms with Crippen LogP contribution >= 0.6 is 0 Å². The van der Waals surface area contributed by atoms with Gasteiger partial charge in [0.05, 0.1) is 6.04 Å². The van der Waals surface area contributed by atoms with Crippen LogP contribution in [0.25, 0.3) is 5.69 Å². The molecular weight excluding hydrogens is 386 g/mol. The van der Waals surface area contributed by atoms with E-state index in [0.717, 1.165) is 37.1 Å². The predicted octanol–water partition coefficient (Wildman–Crippen LogP) is 3.68. The fourth-order valence-corrected chi connectivity index (χ4v) is 3.90. The van der Waals surface area contributed by atoms with Crippen molar-refractivity contribution in [2.24, 2.45) is 4.99 Å². The zero-order valence-electron chi connectivity index (χ0n) is 18.3. The lowest BCUT2D eigenvalue weighted by atomic mass is 10.1. The summed E-state index contributed by atoms with van der Waals surface area (Å²) in [4.78, 5) is 7.23. The Bertz CT molecular complexity index is 990. The summed E-state index contributed by atoms with van der Waals surface area (Å²) in [7, 11) is 0. The number of anilines is 1. The predicted molar refractivity (Wildman–Crippen MR) is 126 cm³/mol. The molecule has 0 amide bonds.